The summed E-state index contributed by atoms with van der Waals surface area (Å²) in [6.45, 7) is 1.86. The maximum atomic E-state index is 12.4. The third-order valence-corrected chi connectivity index (χ3v) is 5.03. The van der Waals surface area contributed by atoms with Crippen LogP contribution >= 0.6 is 0 Å². The molecule has 29 heavy (non-hydrogen) atoms. The first-order valence-electron chi connectivity index (χ1n) is 9.77. The van der Waals surface area contributed by atoms with Crippen molar-refractivity contribution in [2.75, 3.05) is 19.7 Å². The van der Waals surface area contributed by atoms with Crippen LogP contribution in [0.1, 0.15) is 12.0 Å². The zero-order valence-electron chi connectivity index (χ0n) is 16.0. The number of benzene rings is 1. The smallest absolute Gasteiger partial charge is 0.251 e. The minimum absolute atomic E-state index is 0.240. The molecule has 1 aliphatic heterocycles. The third kappa shape index (κ3) is 4.62. The molecule has 7 nitrogen and oxygen atoms in total. The van der Waals surface area contributed by atoms with Gasteiger partial charge in [-0.3, -0.25) is 4.79 Å². The van der Waals surface area contributed by atoms with Crippen molar-refractivity contribution in [3.05, 3.63) is 60.6 Å². The fourth-order valence-corrected chi connectivity index (χ4v) is 3.44. The summed E-state index contributed by atoms with van der Waals surface area (Å²) in [6, 6.07) is 13.7. The maximum absolute atomic E-state index is 12.4. The minimum Gasteiger partial charge on any atom is -0.367 e. The Hall–Kier alpha value is -3.21. The highest BCUT2D eigenvalue weighted by Gasteiger charge is 2.23. The van der Waals surface area contributed by atoms with E-state index in [4.69, 9.17) is 4.74 Å². The number of aromatic nitrogens is 2. The SMILES string of the molecule is N#C[C@H](Cc1ccc(-c2ccc3nccn3c2)cc1)NC(=O)[C@@H]1CNCCCO1. The number of carbonyl (C=O) groups excluding carboxylic acids is 1. The van der Waals surface area contributed by atoms with Crippen molar-refractivity contribution in [1.82, 2.24) is 20.0 Å². The van der Waals surface area contributed by atoms with Gasteiger partial charge >= 0.3 is 0 Å². The first-order chi connectivity index (χ1) is 14.2. The molecule has 3 heterocycles. The fraction of sp³-hybridized carbons (Fsp3) is 0.318. The summed E-state index contributed by atoms with van der Waals surface area (Å²) in [5.41, 5.74) is 4.07. The molecule has 4 rings (SSSR count). The minimum atomic E-state index is -0.595. The Morgan fingerprint density at radius 1 is 1.31 bits per heavy atom. The van der Waals surface area contributed by atoms with Crippen molar-refractivity contribution < 1.29 is 9.53 Å². The zero-order valence-corrected chi connectivity index (χ0v) is 16.0. The Morgan fingerprint density at radius 2 is 2.14 bits per heavy atom. The van der Waals surface area contributed by atoms with Crippen LogP contribution in [0.4, 0.5) is 0 Å². The van der Waals surface area contributed by atoms with Crippen molar-refractivity contribution in [3.63, 3.8) is 0 Å². The van der Waals surface area contributed by atoms with Crippen LogP contribution in [0.2, 0.25) is 0 Å². The lowest BCUT2D eigenvalue weighted by molar-refractivity contribution is -0.132. The van der Waals surface area contributed by atoms with Crippen LogP contribution in [0.3, 0.4) is 0 Å². The molecule has 0 saturated carbocycles. The molecular formula is C22H23N5O2. The van der Waals surface area contributed by atoms with Gasteiger partial charge in [0.25, 0.3) is 5.91 Å². The van der Waals surface area contributed by atoms with Gasteiger partial charge in [0.05, 0.1) is 6.07 Å². The van der Waals surface area contributed by atoms with Gasteiger partial charge in [0, 0.05) is 38.2 Å². The molecule has 2 aromatic heterocycles. The molecule has 2 N–H and O–H groups in total. The predicted octanol–water partition coefficient (Wildman–Crippen LogP) is 1.93. The van der Waals surface area contributed by atoms with E-state index in [2.05, 4.69) is 21.7 Å². The van der Waals surface area contributed by atoms with Crippen molar-refractivity contribution in [2.45, 2.75) is 25.0 Å². The van der Waals surface area contributed by atoms with Gasteiger partial charge < -0.3 is 19.8 Å². The molecule has 0 radical (unpaired) electrons. The highest BCUT2D eigenvalue weighted by molar-refractivity contribution is 5.81. The van der Waals surface area contributed by atoms with E-state index in [9.17, 15) is 10.1 Å². The van der Waals surface area contributed by atoms with Gasteiger partial charge in [-0.05, 0) is 41.8 Å². The molecule has 148 valence electrons. The van der Waals surface area contributed by atoms with E-state index in [-0.39, 0.29) is 5.91 Å². The standard InChI is InChI=1S/C22H23N5O2/c23-13-19(26-22(28)20-14-24-8-1-11-29-20)12-16-2-4-17(5-3-16)18-6-7-21-25-9-10-27(21)15-18/h2-7,9-10,15,19-20,24H,1,8,11-12,14H2,(H,26,28)/t19-,20-/m0/s1. The quantitative estimate of drug-likeness (QED) is 0.696. The van der Waals surface area contributed by atoms with E-state index >= 15 is 0 Å². The Balaban J connectivity index is 1.40. The number of imidazole rings is 1. The average Bonchev–Trinajstić information content (AvgIpc) is 3.05. The number of nitrogens with one attached hydrogen (secondary N) is 2. The van der Waals surface area contributed by atoms with Crippen molar-refractivity contribution in [3.8, 4) is 17.2 Å². The zero-order chi connectivity index (χ0) is 20.1. The predicted molar refractivity (Wildman–Crippen MR) is 109 cm³/mol. The summed E-state index contributed by atoms with van der Waals surface area (Å²) in [4.78, 5) is 16.7. The molecule has 1 amide bonds. The number of pyridine rings is 1. The van der Waals surface area contributed by atoms with Crippen LogP contribution in [0, 0.1) is 11.3 Å². The molecule has 3 aromatic rings. The lowest BCUT2D eigenvalue weighted by Gasteiger charge is -2.18. The van der Waals surface area contributed by atoms with Crippen LogP contribution in [0.25, 0.3) is 16.8 Å². The molecule has 0 spiro atoms. The number of nitriles is 1. The summed E-state index contributed by atoms with van der Waals surface area (Å²) in [7, 11) is 0. The largest absolute Gasteiger partial charge is 0.367 e. The van der Waals surface area contributed by atoms with Crippen LogP contribution in [0.15, 0.2) is 55.0 Å². The van der Waals surface area contributed by atoms with E-state index in [0.717, 1.165) is 35.3 Å². The molecule has 2 atom stereocenters. The second-order valence-corrected chi connectivity index (χ2v) is 7.12. The van der Waals surface area contributed by atoms with Crippen molar-refractivity contribution in [1.29, 1.82) is 5.26 Å². The lowest BCUT2D eigenvalue weighted by atomic mass is 10.0. The Bertz CT molecular complexity index is 1010. The van der Waals surface area contributed by atoms with E-state index in [1.54, 1.807) is 6.20 Å². The van der Waals surface area contributed by atoms with E-state index < -0.39 is 12.1 Å². The van der Waals surface area contributed by atoms with Gasteiger partial charge in [-0.2, -0.15) is 5.26 Å². The van der Waals surface area contributed by atoms with Crippen molar-refractivity contribution in [2.24, 2.45) is 0 Å². The van der Waals surface area contributed by atoms with Gasteiger partial charge in [-0.1, -0.05) is 24.3 Å². The van der Waals surface area contributed by atoms with E-state index in [0.29, 0.717) is 19.6 Å². The number of nitrogens with zero attached hydrogens (tertiary/aromatic N) is 3. The van der Waals surface area contributed by atoms with Crippen LogP contribution < -0.4 is 10.6 Å². The second kappa shape index (κ2) is 8.86. The molecule has 1 saturated heterocycles. The lowest BCUT2D eigenvalue weighted by Crippen LogP contribution is -2.46. The normalized spacial score (nSPS) is 18.0. The topological polar surface area (TPSA) is 91.5 Å². The van der Waals surface area contributed by atoms with Crippen LogP contribution in [-0.4, -0.2) is 47.1 Å². The Kier molecular flexibility index (Phi) is 5.84. The van der Waals surface area contributed by atoms with Gasteiger partial charge in [-0.25, -0.2) is 4.98 Å². The Morgan fingerprint density at radius 3 is 2.97 bits per heavy atom. The monoisotopic (exact) mass is 389 g/mol. The number of carbonyl (C=O) groups is 1. The highest BCUT2D eigenvalue weighted by Crippen LogP contribution is 2.21. The molecule has 7 heteroatoms. The van der Waals surface area contributed by atoms with Crippen LogP contribution in [0.5, 0.6) is 0 Å². The van der Waals surface area contributed by atoms with Gasteiger partial charge in [0.1, 0.15) is 17.8 Å². The maximum Gasteiger partial charge on any atom is 0.251 e. The number of rotatable bonds is 5. The van der Waals surface area contributed by atoms with E-state index in [1.807, 2.05) is 53.2 Å². The molecular weight excluding hydrogens is 366 g/mol. The summed E-state index contributed by atoms with van der Waals surface area (Å²) < 4.78 is 7.54. The van der Waals surface area contributed by atoms with Gasteiger partial charge in [0.15, 0.2) is 0 Å². The number of ether oxygens (including phenoxy) is 1. The summed E-state index contributed by atoms with van der Waals surface area (Å²) in [6.07, 6.45) is 6.51. The van der Waals surface area contributed by atoms with Crippen LogP contribution in [-0.2, 0) is 16.0 Å². The first-order valence-corrected chi connectivity index (χ1v) is 9.77. The highest BCUT2D eigenvalue weighted by atomic mass is 16.5. The molecule has 1 fully saturated rings. The number of hydrogen-bond acceptors (Lipinski definition) is 5. The summed E-state index contributed by atoms with van der Waals surface area (Å²) >= 11 is 0. The molecule has 1 aromatic carbocycles. The number of hydrogen-bond donors (Lipinski definition) is 2. The molecule has 0 bridgehead atoms. The number of fused-ring (bicyclic) bond motifs is 1. The summed E-state index contributed by atoms with van der Waals surface area (Å²) in [5.74, 6) is -0.240. The number of amides is 1. The summed E-state index contributed by atoms with van der Waals surface area (Å²) in [5, 5.41) is 15.4. The van der Waals surface area contributed by atoms with Gasteiger partial charge in [0.2, 0.25) is 0 Å². The third-order valence-electron chi connectivity index (χ3n) is 5.03. The van der Waals surface area contributed by atoms with Gasteiger partial charge in [-0.15, -0.1) is 0 Å². The molecule has 0 aliphatic carbocycles. The second-order valence-electron chi connectivity index (χ2n) is 7.12. The first kappa shape index (κ1) is 19.1. The fourth-order valence-electron chi connectivity index (χ4n) is 3.44. The van der Waals surface area contributed by atoms with Crippen molar-refractivity contribution >= 4 is 11.6 Å². The molecule has 1 aliphatic rings. The average molecular weight is 389 g/mol. The van der Waals surface area contributed by atoms with E-state index in [1.165, 1.54) is 0 Å². The Labute approximate surface area is 169 Å². The molecule has 0 unspecified atom stereocenters.